The number of carbonyl (C=O) groups is 2. The number of aliphatic hydroxyl groups excluding tert-OH is 1. The van der Waals surface area contributed by atoms with Gasteiger partial charge in [-0.2, -0.15) is 0 Å². The molecular weight excluding hydrogens is 226 g/mol. The summed E-state index contributed by atoms with van der Waals surface area (Å²) in [6, 6.07) is -1.58. The lowest BCUT2D eigenvalue weighted by atomic mass is 10.2. The van der Waals surface area contributed by atoms with Crippen LogP contribution in [0.5, 0.6) is 0 Å². The van der Waals surface area contributed by atoms with E-state index in [1.165, 1.54) is 0 Å². The summed E-state index contributed by atoms with van der Waals surface area (Å²) in [6.45, 7) is 3.74. The van der Waals surface area contributed by atoms with E-state index < -0.39 is 18.0 Å². The van der Waals surface area contributed by atoms with Crippen LogP contribution in [0.25, 0.3) is 0 Å². The second kappa shape index (κ2) is 8.77. The number of likely N-dealkylation sites (N-methyl/N-ethyl adjacent to an activating group) is 1. The van der Waals surface area contributed by atoms with Crippen molar-refractivity contribution in [2.75, 3.05) is 33.3 Å². The lowest BCUT2D eigenvalue weighted by Gasteiger charge is -2.16. The smallest absolute Gasteiger partial charge is 0.326 e. The summed E-state index contributed by atoms with van der Waals surface area (Å²) in [7, 11) is 1.92. The van der Waals surface area contributed by atoms with E-state index in [0.717, 1.165) is 6.54 Å². The van der Waals surface area contributed by atoms with Gasteiger partial charge in [-0.15, -0.1) is 0 Å². The van der Waals surface area contributed by atoms with E-state index in [-0.39, 0.29) is 13.0 Å². The second-order valence-corrected chi connectivity index (χ2v) is 3.70. The minimum absolute atomic E-state index is 0.00236. The van der Waals surface area contributed by atoms with Gasteiger partial charge in [-0.25, -0.2) is 9.59 Å². The highest BCUT2D eigenvalue weighted by atomic mass is 16.4. The Bertz CT molecular complexity index is 248. The highest BCUT2D eigenvalue weighted by Crippen LogP contribution is 1.90. The van der Waals surface area contributed by atoms with Crippen LogP contribution in [0.15, 0.2) is 0 Å². The van der Waals surface area contributed by atoms with Crippen molar-refractivity contribution in [3.63, 3.8) is 0 Å². The largest absolute Gasteiger partial charge is 0.480 e. The molecule has 1 atom stereocenters. The fourth-order valence-electron chi connectivity index (χ4n) is 1.11. The van der Waals surface area contributed by atoms with Crippen LogP contribution in [-0.2, 0) is 4.79 Å². The number of amides is 2. The molecule has 100 valence electrons. The Kier molecular flexibility index (Phi) is 8.08. The predicted octanol–water partition coefficient (Wildman–Crippen LogP) is -0.927. The lowest BCUT2D eigenvalue weighted by molar-refractivity contribution is -0.139. The average molecular weight is 247 g/mol. The summed E-state index contributed by atoms with van der Waals surface area (Å²) in [5.74, 6) is -1.15. The number of nitrogens with one attached hydrogen (secondary N) is 2. The zero-order chi connectivity index (χ0) is 13.3. The van der Waals surface area contributed by atoms with Crippen LogP contribution >= 0.6 is 0 Å². The van der Waals surface area contributed by atoms with Crippen LogP contribution in [0.4, 0.5) is 4.79 Å². The molecule has 0 saturated carbocycles. The molecule has 7 nitrogen and oxygen atoms in total. The molecule has 0 fully saturated rings. The zero-order valence-electron chi connectivity index (χ0n) is 10.3. The maximum Gasteiger partial charge on any atom is 0.326 e. The molecule has 0 radical (unpaired) electrons. The van der Waals surface area contributed by atoms with E-state index in [2.05, 4.69) is 10.6 Å². The molecule has 0 aliphatic heterocycles. The molecule has 0 unspecified atom stereocenters. The van der Waals surface area contributed by atoms with Crippen LogP contribution in [-0.4, -0.2) is 66.4 Å². The van der Waals surface area contributed by atoms with E-state index in [4.69, 9.17) is 10.2 Å². The van der Waals surface area contributed by atoms with Gasteiger partial charge in [0.05, 0.1) is 0 Å². The normalized spacial score (nSPS) is 12.2. The highest BCUT2D eigenvalue weighted by molar-refractivity contribution is 5.82. The minimum atomic E-state index is -1.15. The van der Waals surface area contributed by atoms with Gasteiger partial charge < -0.3 is 25.7 Å². The fraction of sp³-hybridized carbons (Fsp3) is 0.800. The van der Waals surface area contributed by atoms with Gasteiger partial charge in [-0.1, -0.05) is 6.92 Å². The number of carboxylic acids is 1. The van der Waals surface area contributed by atoms with Crippen molar-refractivity contribution >= 4 is 12.0 Å². The molecule has 0 bridgehead atoms. The van der Waals surface area contributed by atoms with E-state index >= 15 is 0 Å². The van der Waals surface area contributed by atoms with Gasteiger partial charge in [0.15, 0.2) is 0 Å². The highest BCUT2D eigenvalue weighted by Gasteiger charge is 2.18. The van der Waals surface area contributed by atoms with Crippen LogP contribution in [0.3, 0.4) is 0 Å². The third kappa shape index (κ3) is 7.53. The van der Waals surface area contributed by atoms with E-state index in [1.54, 1.807) is 0 Å². The summed E-state index contributed by atoms with van der Waals surface area (Å²) in [5, 5.41) is 22.2. The number of urea groups is 1. The van der Waals surface area contributed by atoms with Crippen LogP contribution in [0.2, 0.25) is 0 Å². The predicted molar refractivity (Wildman–Crippen MR) is 62.8 cm³/mol. The molecule has 0 spiro atoms. The van der Waals surface area contributed by atoms with Crippen LogP contribution < -0.4 is 10.6 Å². The molecule has 17 heavy (non-hydrogen) atoms. The monoisotopic (exact) mass is 247 g/mol. The molecule has 0 rings (SSSR count). The van der Waals surface area contributed by atoms with Crippen molar-refractivity contribution in [2.45, 2.75) is 19.4 Å². The van der Waals surface area contributed by atoms with Crippen LogP contribution in [0.1, 0.15) is 13.3 Å². The topological polar surface area (TPSA) is 102 Å². The Morgan fingerprint density at radius 2 is 2.06 bits per heavy atom. The number of carboxylic acid groups (broad SMARTS) is 1. The Balaban J connectivity index is 3.86. The van der Waals surface area contributed by atoms with Crippen molar-refractivity contribution < 1.29 is 19.8 Å². The Morgan fingerprint density at radius 3 is 2.53 bits per heavy atom. The SMILES string of the molecule is CCN(C)CCNC(=O)N[C@H](CCO)C(=O)O. The molecule has 7 heteroatoms. The first-order valence-electron chi connectivity index (χ1n) is 5.57. The van der Waals surface area contributed by atoms with Crippen molar-refractivity contribution in [2.24, 2.45) is 0 Å². The lowest BCUT2D eigenvalue weighted by Crippen LogP contribution is -2.47. The zero-order valence-corrected chi connectivity index (χ0v) is 10.3. The van der Waals surface area contributed by atoms with Crippen molar-refractivity contribution in [1.29, 1.82) is 0 Å². The molecular formula is C10H21N3O4. The Labute approximate surface area is 101 Å². The number of aliphatic hydroxyl groups is 1. The maximum atomic E-state index is 11.3. The molecule has 0 aliphatic carbocycles. The van der Waals surface area contributed by atoms with Gasteiger partial charge in [-0.05, 0) is 13.6 Å². The fourth-order valence-corrected chi connectivity index (χ4v) is 1.11. The summed E-state index contributed by atoms with van der Waals surface area (Å²) < 4.78 is 0. The summed E-state index contributed by atoms with van der Waals surface area (Å²) >= 11 is 0. The molecule has 0 saturated heterocycles. The molecule has 0 aromatic rings. The molecule has 2 amide bonds. The first-order valence-corrected chi connectivity index (χ1v) is 5.57. The van der Waals surface area contributed by atoms with Gasteiger partial charge in [0, 0.05) is 26.1 Å². The molecule has 4 N–H and O–H groups in total. The number of hydrogen-bond donors (Lipinski definition) is 4. The maximum absolute atomic E-state index is 11.3. The minimum Gasteiger partial charge on any atom is -0.480 e. The summed E-state index contributed by atoms with van der Waals surface area (Å²) in [4.78, 5) is 24.0. The van der Waals surface area contributed by atoms with Gasteiger partial charge >= 0.3 is 12.0 Å². The second-order valence-electron chi connectivity index (χ2n) is 3.70. The van der Waals surface area contributed by atoms with Gasteiger partial charge in [0.2, 0.25) is 0 Å². The third-order valence-electron chi connectivity index (χ3n) is 2.34. The van der Waals surface area contributed by atoms with Crippen LogP contribution in [0, 0.1) is 0 Å². The number of nitrogens with zero attached hydrogens (tertiary/aromatic N) is 1. The molecule has 0 aromatic carbocycles. The van der Waals surface area contributed by atoms with Crippen molar-refractivity contribution in [3.05, 3.63) is 0 Å². The number of hydrogen-bond acceptors (Lipinski definition) is 4. The summed E-state index contributed by atoms with van der Waals surface area (Å²) in [5.41, 5.74) is 0. The number of carbonyl (C=O) groups excluding carboxylic acids is 1. The number of rotatable bonds is 8. The number of aliphatic carboxylic acids is 1. The van der Waals surface area contributed by atoms with Gasteiger partial charge in [0.1, 0.15) is 6.04 Å². The van der Waals surface area contributed by atoms with Crippen molar-refractivity contribution in [1.82, 2.24) is 15.5 Å². The first-order chi connectivity index (χ1) is 8.01. The van der Waals surface area contributed by atoms with Crippen molar-refractivity contribution in [3.8, 4) is 0 Å². The van der Waals surface area contributed by atoms with Gasteiger partial charge in [0.25, 0.3) is 0 Å². The Morgan fingerprint density at radius 1 is 1.41 bits per heavy atom. The average Bonchev–Trinajstić information content (AvgIpc) is 2.28. The standard InChI is InChI=1S/C10H21N3O4/c1-3-13(2)6-5-11-10(17)12-8(4-7-14)9(15)16/h8,14H,3-7H2,1-2H3,(H,15,16)(H2,11,12,17)/t8-/m1/s1. The first kappa shape index (κ1) is 15.7. The molecule has 0 aliphatic rings. The molecule has 0 heterocycles. The van der Waals surface area contributed by atoms with Gasteiger partial charge in [-0.3, -0.25) is 0 Å². The summed E-state index contributed by atoms with van der Waals surface area (Å²) in [6.07, 6.45) is -0.00236. The molecule has 0 aromatic heterocycles. The van der Waals surface area contributed by atoms with E-state index in [1.807, 2.05) is 18.9 Å². The van der Waals surface area contributed by atoms with E-state index in [9.17, 15) is 9.59 Å². The van der Waals surface area contributed by atoms with E-state index in [0.29, 0.717) is 13.1 Å². The Hall–Kier alpha value is -1.34. The quantitative estimate of drug-likeness (QED) is 0.444. The third-order valence-corrected chi connectivity index (χ3v) is 2.34.